The molecule has 0 aliphatic heterocycles. The van der Waals surface area contributed by atoms with Crippen LogP contribution in [0.5, 0.6) is 11.5 Å². The lowest BCUT2D eigenvalue weighted by molar-refractivity contribution is -0.120. The van der Waals surface area contributed by atoms with Gasteiger partial charge in [0.25, 0.3) is 0 Å². The molecule has 7 heteroatoms. The standard InChI is InChI=1S/C20H20BN2O4/c22-19(25)20(11-12-20)14-3-7-16(8-4-14)26-21-27-17-9-5-15(6-10-17)23-18(24)13-1-2-13/h3-10,13H,1-2,11-12H2,(H2,22,25)(H,23,24). The van der Waals surface area contributed by atoms with Crippen LogP contribution < -0.4 is 20.4 Å². The quantitative estimate of drug-likeness (QED) is 0.706. The van der Waals surface area contributed by atoms with Crippen LogP contribution in [0.15, 0.2) is 48.5 Å². The minimum Gasteiger partial charge on any atom is -0.526 e. The molecule has 2 amide bonds. The van der Waals surface area contributed by atoms with E-state index < -0.39 is 5.41 Å². The van der Waals surface area contributed by atoms with E-state index in [1.807, 2.05) is 12.1 Å². The molecule has 0 unspecified atom stereocenters. The van der Waals surface area contributed by atoms with Crippen molar-refractivity contribution in [1.29, 1.82) is 0 Å². The largest absolute Gasteiger partial charge is 0.658 e. The Kier molecular flexibility index (Phi) is 4.52. The van der Waals surface area contributed by atoms with Crippen LogP contribution in [-0.4, -0.2) is 19.5 Å². The van der Waals surface area contributed by atoms with E-state index >= 15 is 0 Å². The first kappa shape index (κ1) is 17.5. The van der Waals surface area contributed by atoms with Crippen molar-refractivity contribution in [3.63, 3.8) is 0 Å². The van der Waals surface area contributed by atoms with Gasteiger partial charge >= 0.3 is 7.69 Å². The fourth-order valence-corrected chi connectivity index (χ4v) is 3.00. The van der Waals surface area contributed by atoms with Gasteiger partial charge in [-0.05, 0) is 67.6 Å². The summed E-state index contributed by atoms with van der Waals surface area (Å²) in [4.78, 5) is 23.3. The summed E-state index contributed by atoms with van der Waals surface area (Å²) in [6, 6.07) is 14.4. The van der Waals surface area contributed by atoms with E-state index in [2.05, 4.69) is 5.32 Å². The molecule has 2 fully saturated rings. The smallest absolute Gasteiger partial charge is 0.526 e. The average molecular weight is 363 g/mol. The molecule has 2 saturated carbocycles. The monoisotopic (exact) mass is 363 g/mol. The van der Waals surface area contributed by atoms with Crippen molar-refractivity contribution in [2.24, 2.45) is 11.7 Å². The maximum Gasteiger partial charge on any atom is 0.658 e. The average Bonchev–Trinajstić information content (AvgIpc) is 3.57. The SMILES string of the molecule is NC(=O)C1(c2ccc(O[B]Oc3ccc(NC(=O)C4CC4)cc3)cc2)CC1. The van der Waals surface area contributed by atoms with Crippen molar-refractivity contribution in [2.45, 2.75) is 31.1 Å². The topological polar surface area (TPSA) is 90.7 Å². The molecule has 6 nitrogen and oxygen atoms in total. The number of amides is 2. The van der Waals surface area contributed by atoms with Gasteiger partial charge < -0.3 is 20.4 Å². The van der Waals surface area contributed by atoms with Crippen LogP contribution in [0.1, 0.15) is 31.2 Å². The van der Waals surface area contributed by atoms with E-state index in [9.17, 15) is 9.59 Å². The van der Waals surface area contributed by atoms with Crippen LogP contribution in [0.3, 0.4) is 0 Å². The fourth-order valence-electron chi connectivity index (χ4n) is 3.00. The molecule has 2 aliphatic rings. The number of rotatable bonds is 8. The van der Waals surface area contributed by atoms with Crippen molar-refractivity contribution < 1.29 is 18.9 Å². The Balaban J connectivity index is 1.26. The molecule has 27 heavy (non-hydrogen) atoms. The summed E-state index contributed by atoms with van der Waals surface area (Å²) in [6.45, 7) is 0. The molecule has 0 bridgehead atoms. The number of carbonyl (C=O) groups is 2. The van der Waals surface area contributed by atoms with Gasteiger partial charge in [0.05, 0.1) is 5.41 Å². The highest BCUT2D eigenvalue weighted by Gasteiger charge is 2.49. The number of anilines is 1. The second-order valence-electron chi connectivity index (χ2n) is 7.09. The van der Waals surface area contributed by atoms with Gasteiger partial charge in [0, 0.05) is 11.6 Å². The van der Waals surface area contributed by atoms with Gasteiger partial charge in [-0.15, -0.1) is 0 Å². The molecule has 137 valence electrons. The molecule has 0 aromatic heterocycles. The van der Waals surface area contributed by atoms with Crippen LogP contribution >= 0.6 is 0 Å². The zero-order valence-corrected chi connectivity index (χ0v) is 14.8. The van der Waals surface area contributed by atoms with Crippen LogP contribution in [0, 0.1) is 5.92 Å². The number of benzene rings is 2. The zero-order valence-electron chi connectivity index (χ0n) is 14.8. The predicted molar refractivity (Wildman–Crippen MR) is 101 cm³/mol. The van der Waals surface area contributed by atoms with Crippen molar-refractivity contribution in [1.82, 2.24) is 0 Å². The van der Waals surface area contributed by atoms with Gasteiger partial charge in [-0.2, -0.15) is 0 Å². The Morgan fingerprint density at radius 3 is 2.00 bits per heavy atom. The third kappa shape index (κ3) is 3.92. The summed E-state index contributed by atoms with van der Waals surface area (Å²) >= 11 is 0. The minimum absolute atomic E-state index is 0.0753. The summed E-state index contributed by atoms with van der Waals surface area (Å²) in [7, 11) is 1.24. The normalized spacial score (nSPS) is 16.9. The zero-order chi connectivity index (χ0) is 18.9. The van der Waals surface area contributed by atoms with E-state index in [0.29, 0.717) is 11.5 Å². The van der Waals surface area contributed by atoms with E-state index in [0.717, 1.165) is 36.9 Å². The molecule has 4 rings (SSSR count). The molecule has 2 aromatic rings. The maximum atomic E-state index is 11.7. The van der Waals surface area contributed by atoms with Crippen molar-refractivity contribution >= 4 is 25.2 Å². The third-order valence-electron chi connectivity index (χ3n) is 5.07. The van der Waals surface area contributed by atoms with Gasteiger partial charge in [-0.3, -0.25) is 9.59 Å². The highest BCUT2D eigenvalue weighted by atomic mass is 16.6. The van der Waals surface area contributed by atoms with Gasteiger partial charge in [0.1, 0.15) is 11.5 Å². The summed E-state index contributed by atoms with van der Waals surface area (Å²) < 4.78 is 10.9. The first-order valence-corrected chi connectivity index (χ1v) is 9.03. The number of hydrogen-bond donors (Lipinski definition) is 2. The van der Waals surface area contributed by atoms with Crippen molar-refractivity contribution in [3.8, 4) is 11.5 Å². The maximum absolute atomic E-state index is 11.7. The predicted octanol–water partition coefficient (Wildman–Crippen LogP) is 2.54. The first-order chi connectivity index (χ1) is 13.1. The Hall–Kier alpha value is -2.96. The minimum atomic E-state index is -0.491. The lowest BCUT2D eigenvalue weighted by atomic mass is 9.95. The molecule has 0 atom stereocenters. The fraction of sp³-hybridized carbons (Fsp3) is 0.300. The van der Waals surface area contributed by atoms with E-state index in [1.54, 1.807) is 36.4 Å². The van der Waals surface area contributed by atoms with Crippen LogP contribution in [0.25, 0.3) is 0 Å². The Bertz CT molecular complexity index is 843. The Morgan fingerprint density at radius 2 is 1.52 bits per heavy atom. The highest BCUT2D eigenvalue weighted by molar-refractivity contribution is 6.20. The molecule has 0 saturated heterocycles. The number of carbonyl (C=O) groups excluding carboxylic acids is 2. The van der Waals surface area contributed by atoms with Crippen LogP contribution in [0.4, 0.5) is 5.69 Å². The second kappa shape index (κ2) is 6.98. The second-order valence-corrected chi connectivity index (χ2v) is 7.09. The molecule has 2 aromatic carbocycles. The molecule has 0 spiro atoms. The number of nitrogens with two attached hydrogens (primary N) is 1. The van der Waals surface area contributed by atoms with Gasteiger partial charge in [0.2, 0.25) is 11.8 Å². The number of nitrogens with one attached hydrogen (secondary N) is 1. The van der Waals surface area contributed by atoms with Gasteiger partial charge in [-0.1, -0.05) is 12.1 Å². The molecule has 0 heterocycles. The molecular formula is C20H20BN2O4. The Morgan fingerprint density at radius 1 is 0.963 bits per heavy atom. The molecule has 1 radical (unpaired) electrons. The molecule has 2 aliphatic carbocycles. The summed E-state index contributed by atoms with van der Waals surface area (Å²) in [5, 5.41) is 2.87. The van der Waals surface area contributed by atoms with Crippen molar-refractivity contribution in [3.05, 3.63) is 54.1 Å². The lowest BCUT2D eigenvalue weighted by Crippen LogP contribution is -2.28. The van der Waals surface area contributed by atoms with Gasteiger partial charge in [-0.25, -0.2) is 0 Å². The van der Waals surface area contributed by atoms with Crippen LogP contribution in [0.2, 0.25) is 0 Å². The van der Waals surface area contributed by atoms with Crippen molar-refractivity contribution in [2.75, 3.05) is 5.32 Å². The number of hydrogen-bond acceptors (Lipinski definition) is 4. The first-order valence-electron chi connectivity index (χ1n) is 9.03. The molecular weight excluding hydrogens is 343 g/mol. The van der Waals surface area contributed by atoms with Crippen LogP contribution in [-0.2, 0) is 15.0 Å². The molecule has 3 N–H and O–H groups in total. The summed E-state index contributed by atoms with van der Waals surface area (Å²) in [5.41, 5.74) is 6.66. The summed E-state index contributed by atoms with van der Waals surface area (Å²) in [5.74, 6) is 1.18. The highest BCUT2D eigenvalue weighted by Crippen LogP contribution is 2.48. The summed E-state index contributed by atoms with van der Waals surface area (Å²) in [6.07, 6.45) is 3.55. The number of primary amides is 1. The van der Waals surface area contributed by atoms with E-state index in [-0.39, 0.29) is 17.7 Å². The third-order valence-corrected chi connectivity index (χ3v) is 5.07. The lowest BCUT2D eigenvalue weighted by Gasteiger charge is -2.12. The van der Waals surface area contributed by atoms with Gasteiger partial charge in [0.15, 0.2) is 0 Å². The van der Waals surface area contributed by atoms with E-state index in [4.69, 9.17) is 15.0 Å². The Labute approximate surface area is 158 Å². The van der Waals surface area contributed by atoms with E-state index in [1.165, 1.54) is 7.69 Å².